The Morgan fingerprint density at radius 1 is 1.14 bits per heavy atom. The van der Waals surface area contributed by atoms with E-state index in [0.717, 1.165) is 31.6 Å². The summed E-state index contributed by atoms with van der Waals surface area (Å²) in [6.07, 6.45) is 2.05. The highest BCUT2D eigenvalue weighted by Gasteiger charge is 2.18. The number of rotatable bonds is 7. The lowest BCUT2D eigenvalue weighted by Gasteiger charge is -2.25. The average molecular weight is 379 g/mol. The van der Waals surface area contributed by atoms with Gasteiger partial charge in [0.25, 0.3) is 5.56 Å². The summed E-state index contributed by atoms with van der Waals surface area (Å²) in [5, 5.41) is 0.465. The van der Waals surface area contributed by atoms with Gasteiger partial charge in [-0.15, -0.1) is 0 Å². The fourth-order valence-corrected chi connectivity index (χ4v) is 3.19. The molecule has 0 N–H and O–H groups in total. The lowest BCUT2D eigenvalue weighted by atomic mass is 10.1. The zero-order valence-corrected chi connectivity index (χ0v) is 16.5. The second-order valence-electron chi connectivity index (χ2n) is 6.54. The molecule has 0 spiro atoms. The van der Waals surface area contributed by atoms with Crippen LogP contribution in [0.3, 0.4) is 0 Å². The van der Waals surface area contributed by atoms with Crippen molar-refractivity contribution < 1.29 is 9.53 Å². The summed E-state index contributed by atoms with van der Waals surface area (Å²) in [6, 6.07) is 14.4. The third-order valence-corrected chi connectivity index (χ3v) is 4.73. The van der Waals surface area contributed by atoms with E-state index in [0.29, 0.717) is 22.4 Å². The van der Waals surface area contributed by atoms with E-state index in [4.69, 9.17) is 9.72 Å². The molecule has 0 aliphatic heterocycles. The van der Waals surface area contributed by atoms with Gasteiger partial charge in [0, 0.05) is 13.1 Å². The van der Waals surface area contributed by atoms with E-state index in [1.165, 1.54) is 7.11 Å². The third kappa shape index (κ3) is 3.76. The molecule has 2 aromatic carbocycles. The summed E-state index contributed by atoms with van der Waals surface area (Å²) in [5.41, 5.74) is 1.48. The van der Waals surface area contributed by atoms with Gasteiger partial charge in [0.2, 0.25) is 5.95 Å². The van der Waals surface area contributed by atoms with E-state index in [1.54, 1.807) is 22.8 Å². The number of hydrogen-bond acceptors (Lipinski definition) is 5. The number of esters is 1. The molecular weight excluding hydrogens is 354 g/mol. The molecule has 0 bridgehead atoms. The molecule has 0 aliphatic rings. The first-order chi connectivity index (χ1) is 13.6. The Balaban J connectivity index is 2.28. The van der Waals surface area contributed by atoms with Crippen molar-refractivity contribution in [2.24, 2.45) is 0 Å². The molecule has 28 heavy (non-hydrogen) atoms. The van der Waals surface area contributed by atoms with Crippen LogP contribution >= 0.6 is 0 Å². The Morgan fingerprint density at radius 2 is 1.89 bits per heavy atom. The van der Waals surface area contributed by atoms with Gasteiger partial charge in [-0.25, -0.2) is 14.3 Å². The van der Waals surface area contributed by atoms with Crippen LogP contribution in [0, 0.1) is 0 Å². The van der Waals surface area contributed by atoms with Crippen LogP contribution in [0.25, 0.3) is 16.6 Å². The molecule has 1 heterocycles. The number of nitrogens with zero attached hydrogens (tertiary/aromatic N) is 3. The van der Waals surface area contributed by atoms with E-state index in [2.05, 4.69) is 11.8 Å². The van der Waals surface area contributed by atoms with Gasteiger partial charge in [-0.1, -0.05) is 31.5 Å². The van der Waals surface area contributed by atoms with Gasteiger partial charge in [0.1, 0.15) is 0 Å². The summed E-state index contributed by atoms with van der Waals surface area (Å²) in [7, 11) is 1.34. The second kappa shape index (κ2) is 8.69. The average Bonchev–Trinajstić information content (AvgIpc) is 2.74. The number of carbonyl (C=O) groups excluding carboxylic acids is 1. The summed E-state index contributed by atoms with van der Waals surface area (Å²) >= 11 is 0. The first-order valence-corrected chi connectivity index (χ1v) is 9.56. The Bertz CT molecular complexity index is 1030. The summed E-state index contributed by atoms with van der Waals surface area (Å²) in [5.74, 6) is 0.137. The zero-order chi connectivity index (χ0) is 20.1. The van der Waals surface area contributed by atoms with Crippen LogP contribution in [0.2, 0.25) is 0 Å². The highest BCUT2D eigenvalue weighted by molar-refractivity contribution is 5.94. The molecular formula is C22H25N3O3. The largest absolute Gasteiger partial charge is 0.465 e. The molecule has 0 fully saturated rings. The van der Waals surface area contributed by atoms with Crippen molar-refractivity contribution in [2.45, 2.75) is 26.7 Å². The zero-order valence-electron chi connectivity index (χ0n) is 16.5. The number of carbonyl (C=O) groups is 1. The van der Waals surface area contributed by atoms with Crippen molar-refractivity contribution in [3.8, 4) is 5.69 Å². The Labute approximate surface area is 164 Å². The number of anilines is 1. The van der Waals surface area contributed by atoms with Gasteiger partial charge in [-0.3, -0.25) is 4.79 Å². The predicted molar refractivity (Wildman–Crippen MR) is 111 cm³/mol. The van der Waals surface area contributed by atoms with E-state index in [-0.39, 0.29) is 5.56 Å². The molecule has 6 heteroatoms. The SMILES string of the molecule is CCCCN(CC)c1nc2cc(C(=O)OC)ccc2c(=O)n1-c1ccccc1. The maximum Gasteiger partial charge on any atom is 0.337 e. The first kappa shape index (κ1) is 19.6. The number of para-hydroxylation sites is 1. The highest BCUT2D eigenvalue weighted by atomic mass is 16.5. The molecule has 3 aromatic rings. The molecule has 0 saturated carbocycles. The molecule has 0 unspecified atom stereocenters. The second-order valence-corrected chi connectivity index (χ2v) is 6.54. The Kier molecular flexibility index (Phi) is 6.09. The third-order valence-electron chi connectivity index (χ3n) is 4.73. The van der Waals surface area contributed by atoms with Crippen LogP contribution in [-0.2, 0) is 4.74 Å². The van der Waals surface area contributed by atoms with E-state index >= 15 is 0 Å². The van der Waals surface area contributed by atoms with Gasteiger partial charge in [0.15, 0.2) is 0 Å². The number of benzene rings is 2. The van der Waals surface area contributed by atoms with Gasteiger partial charge in [-0.2, -0.15) is 0 Å². The first-order valence-electron chi connectivity index (χ1n) is 9.56. The lowest BCUT2D eigenvalue weighted by molar-refractivity contribution is 0.0601. The minimum Gasteiger partial charge on any atom is -0.465 e. The van der Waals surface area contributed by atoms with Crippen molar-refractivity contribution in [1.29, 1.82) is 0 Å². The van der Waals surface area contributed by atoms with Crippen molar-refractivity contribution in [2.75, 3.05) is 25.1 Å². The minimum absolute atomic E-state index is 0.155. The molecule has 0 aliphatic carbocycles. The topological polar surface area (TPSA) is 64.4 Å². The Hall–Kier alpha value is -3.15. The Morgan fingerprint density at radius 3 is 2.54 bits per heavy atom. The van der Waals surface area contributed by atoms with Crippen LogP contribution < -0.4 is 10.5 Å². The normalized spacial score (nSPS) is 10.8. The summed E-state index contributed by atoms with van der Waals surface area (Å²) in [4.78, 5) is 32.2. The maximum absolute atomic E-state index is 13.4. The summed E-state index contributed by atoms with van der Waals surface area (Å²) < 4.78 is 6.45. The van der Waals surface area contributed by atoms with E-state index in [9.17, 15) is 9.59 Å². The minimum atomic E-state index is -0.448. The molecule has 0 radical (unpaired) electrons. The fourth-order valence-electron chi connectivity index (χ4n) is 3.19. The number of fused-ring (bicyclic) bond motifs is 1. The van der Waals surface area contributed by atoms with Crippen LogP contribution in [0.4, 0.5) is 5.95 Å². The van der Waals surface area contributed by atoms with E-state index < -0.39 is 5.97 Å². The van der Waals surface area contributed by atoms with Crippen LogP contribution in [-0.4, -0.2) is 35.7 Å². The molecule has 0 atom stereocenters. The standard InChI is InChI=1S/C22H25N3O3/c1-4-6-14-24(5-2)22-23-19-15-16(21(27)28-3)12-13-18(19)20(26)25(22)17-10-8-7-9-11-17/h7-13,15H,4-6,14H2,1-3H3. The quantitative estimate of drug-likeness (QED) is 0.584. The molecule has 0 amide bonds. The smallest absolute Gasteiger partial charge is 0.337 e. The van der Waals surface area contributed by atoms with Crippen LogP contribution in [0.5, 0.6) is 0 Å². The molecule has 146 valence electrons. The number of unbranched alkanes of at least 4 members (excludes halogenated alkanes) is 1. The highest BCUT2D eigenvalue weighted by Crippen LogP contribution is 2.21. The number of aromatic nitrogens is 2. The number of methoxy groups -OCH3 is 1. The number of ether oxygens (including phenoxy) is 1. The number of hydrogen-bond donors (Lipinski definition) is 0. The van der Waals surface area contributed by atoms with Crippen LogP contribution in [0.15, 0.2) is 53.3 Å². The lowest BCUT2D eigenvalue weighted by Crippen LogP contribution is -2.33. The van der Waals surface area contributed by atoms with Gasteiger partial charge < -0.3 is 9.64 Å². The van der Waals surface area contributed by atoms with Gasteiger partial charge in [-0.05, 0) is 43.7 Å². The van der Waals surface area contributed by atoms with Crippen molar-refractivity contribution in [3.63, 3.8) is 0 Å². The molecule has 3 rings (SSSR count). The molecule has 6 nitrogen and oxygen atoms in total. The molecule has 1 aromatic heterocycles. The summed E-state index contributed by atoms with van der Waals surface area (Å²) in [6.45, 7) is 5.71. The monoisotopic (exact) mass is 379 g/mol. The van der Waals surface area contributed by atoms with Crippen molar-refractivity contribution in [3.05, 3.63) is 64.4 Å². The molecule has 0 saturated heterocycles. The van der Waals surface area contributed by atoms with Crippen molar-refractivity contribution >= 4 is 22.8 Å². The predicted octanol–water partition coefficient (Wildman–Crippen LogP) is 3.80. The van der Waals surface area contributed by atoms with E-state index in [1.807, 2.05) is 37.3 Å². The maximum atomic E-state index is 13.4. The van der Waals surface area contributed by atoms with Crippen LogP contribution in [0.1, 0.15) is 37.0 Å². The van der Waals surface area contributed by atoms with Crippen molar-refractivity contribution in [1.82, 2.24) is 9.55 Å². The fraction of sp³-hybridized carbons (Fsp3) is 0.318. The van der Waals surface area contributed by atoms with Gasteiger partial charge >= 0.3 is 5.97 Å². The van der Waals surface area contributed by atoms with Gasteiger partial charge in [0.05, 0.1) is 29.3 Å².